The van der Waals surface area contributed by atoms with Gasteiger partial charge in [-0.3, -0.25) is 4.79 Å². The molecule has 0 spiro atoms. The van der Waals surface area contributed by atoms with Gasteiger partial charge in [0, 0.05) is 5.41 Å². The summed E-state index contributed by atoms with van der Waals surface area (Å²) in [4.78, 5) is 11.0. The van der Waals surface area contributed by atoms with Gasteiger partial charge < -0.3 is 5.11 Å². The predicted molar refractivity (Wildman–Crippen MR) is 68.6 cm³/mol. The van der Waals surface area contributed by atoms with Crippen LogP contribution in [0.3, 0.4) is 0 Å². The van der Waals surface area contributed by atoms with Crippen molar-refractivity contribution in [1.82, 2.24) is 0 Å². The summed E-state index contributed by atoms with van der Waals surface area (Å²) in [6.45, 7) is 4.25. The van der Waals surface area contributed by atoms with Crippen molar-refractivity contribution < 1.29 is 9.90 Å². The Labute approximate surface area is 103 Å². The highest BCUT2D eigenvalue weighted by molar-refractivity contribution is 5.73. The first-order valence-electron chi connectivity index (χ1n) is 6.56. The summed E-state index contributed by atoms with van der Waals surface area (Å²) in [5.74, 6) is 0.399. The predicted octanol–water partition coefficient (Wildman–Crippen LogP) is 3.02. The van der Waals surface area contributed by atoms with Crippen molar-refractivity contribution in [3.63, 3.8) is 0 Å². The first kappa shape index (κ1) is 12.6. The van der Waals surface area contributed by atoms with Crippen molar-refractivity contribution in [2.45, 2.75) is 52.1 Å². The number of carbonyl (C=O) groups excluding carboxylic acids is 1. The molecule has 0 radical (unpaired) electrons. The smallest absolute Gasteiger partial charge is 0.145 e. The number of hydrogen-bond donors (Lipinski definition) is 1. The molecule has 0 aromatic heterocycles. The highest BCUT2D eigenvalue weighted by Crippen LogP contribution is 2.57. The Hall–Kier alpha value is -0.890. The van der Waals surface area contributed by atoms with Gasteiger partial charge in [0.15, 0.2) is 0 Å². The third-order valence-corrected chi connectivity index (χ3v) is 4.41. The molecular formula is C15H22O2. The average molecular weight is 234 g/mol. The Morgan fingerprint density at radius 1 is 1.47 bits per heavy atom. The van der Waals surface area contributed by atoms with Gasteiger partial charge in [0.1, 0.15) is 6.29 Å². The molecule has 2 aliphatic carbocycles. The maximum absolute atomic E-state index is 11.0. The van der Waals surface area contributed by atoms with Crippen LogP contribution in [-0.2, 0) is 4.79 Å². The summed E-state index contributed by atoms with van der Waals surface area (Å²) in [6, 6.07) is 0. The Kier molecular flexibility index (Phi) is 3.53. The molecular weight excluding hydrogens is 212 g/mol. The summed E-state index contributed by atoms with van der Waals surface area (Å²) < 4.78 is 0. The molecule has 2 aliphatic rings. The van der Waals surface area contributed by atoms with Gasteiger partial charge in [-0.2, -0.15) is 0 Å². The molecule has 2 heteroatoms. The molecule has 0 saturated heterocycles. The van der Waals surface area contributed by atoms with Crippen LogP contribution in [0.2, 0.25) is 0 Å². The van der Waals surface area contributed by atoms with Gasteiger partial charge in [0.2, 0.25) is 0 Å². The van der Waals surface area contributed by atoms with E-state index in [0.29, 0.717) is 5.92 Å². The highest BCUT2D eigenvalue weighted by atomic mass is 16.3. The maximum atomic E-state index is 11.0. The zero-order valence-electron chi connectivity index (χ0n) is 10.8. The van der Waals surface area contributed by atoms with Crippen LogP contribution in [0.1, 0.15) is 46.0 Å². The summed E-state index contributed by atoms with van der Waals surface area (Å²) in [5, 5.41) is 10.2. The maximum Gasteiger partial charge on any atom is 0.145 e. The van der Waals surface area contributed by atoms with Crippen LogP contribution >= 0.6 is 0 Å². The van der Waals surface area contributed by atoms with E-state index in [2.05, 4.69) is 26.0 Å². The monoisotopic (exact) mass is 234 g/mol. The van der Waals surface area contributed by atoms with E-state index in [-0.39, 0.29) is 11.5 Å². The summed E-state index contributed by atoms with van der Waals surface area (Å²) in [7, 11) is 0. The standard InChI is InChI=1S/C15H22O2/c1-11-4-3-5-12(10-16)8-13-9-15(13,2)14(17)7-6-11/h4,8,10,13-14,17H,3,5-7,9H2,1-2H3/b11-4+,12-8+/t13-,14-,15-/m0/s1. The molecule has 17 heavy (non-hydrogen) atoms. The van der Waals surface area contributed by atoms with E-state index >= 15 is 0 Å². The van der Waals surface area contributed by atoms with Gasteiger partial charge in [0.25, 0.3) is 0 Å². The second-order valence-electron chi connectivity index (χ2n) is 5.82. The van der Waals surface area contributed by atoms with Crippen LogP contribution in [0.4, 0.5) is 0 Å². The Bertz CT molecular complexity index is 367. The third-order valence-electron chi connectivity index (χ3n) is 4.41. The van der Waals surface area contributed by atoms with E-state index in [4.69, 9.17) is 0 Å². The topological polar surface area (TPSA) is 37.3 Å². The number of hydrogen-bond acceptors (Lipinski definition) is 2. The number of fused-ring (bicyclic) bond motifs is 1. The summed E-state index contributed by atoms with van der Waals surface area (Å²) in [5.41, 5.74) is 2.24. The lowest BCUT2D eigenvalue weighted by atomic mass is 9.93. The minimum atomic E-state index is -0.238. The number of aliphatic hydroxyl groups excluding tert-OH is 1. The fraction of sp³-hybridized carbons (Fsp3) is 0.667. The molecule has 1 fully saturated rings. The molecule has 0 aromatic rings. The molecule has 0 amide bonds. The average Bonchev–Trinajstić information content (AvgIpc) is 2.96. The SMILES string of the molecule is C/C1=C\CC/C(C=O)=C\[C@H]2C[C@]2(C)[C@@H](O)CC1. The molecule has 2 rings (SSSR count). The van der Waals surface area contributed by atoms with Gasteiger partial charge in [-0.05, 0) is 50.5 Å². The van der Waals surface area contributed by atoms with Crippen LogP contribution < -0.4 is 0 Å². The molecule has 1 N–H and O–H groups in total. The van der Waals surface area contributed by atoms with Gasteiger partial charge >= 0.3 is 0 Å². The van der Waals surface area contributed by atoms with Crippen molar-refractivity contribution in [3.8, 4) is 0 Å². The second-order valence-corrected chi connectivity index (χ2v) is 5.82. The summed E-state index contributed by atoms with van der Waals surface area (Å²) >= 11 is 0. The highest BCUT2D eigenvalue weighted by Gasteiger charge is 2.53. The molecule has 0 heterocycles. The van der Waals surface area contributed by atoms with Gasteiger partial charge in [0.05, 0.1) is 6.10 Å². The zero-order valence-corrected chi connectivity index (χ0v) is 10.8. The molecule has 1 saturated carbocycles. The number of aldehydes is 1. The minimum Gasteiger partial charge on any atom is -0.393 e. The first-order valence-corrected chi connectivity index (χ1v) is 6.56. The molecule has 3 atom stereocenters. The van der Waals surface area contributed by atoms with Crippen LogP contribution in [0.15, 0.2) is 23.3 Å². The number of allylic oxidation sites excluding steroid dienone is 4. The Morgan fingerprint density at radius 3 is 2.94 bits per heavy atom. The number of aliphatic hydroxyl groups is 1. The van der Waals surface area contributed by atoms with E-state index < -0.39 is 0 Å². The normalized spacial score (nSPS) is 44.4. The number of carbonyl (C=O) groups is 1. The van der Waals surface area contributed by atoms with Crippen molar-refractivity contribution in [2.24, 2.45) is 11.3 Å². The summed E-state index contributed by atoms with van der Waals surface area (Å²) in [6.07, 6.45) is 9.64. The van der Waals surface area contributed by atoms with Crippen molar-refractivity contribution in [2.75, 3.05) is 0 Å². The lowest BCUT2D eigenvalue weighted by molar-refractivity contribution is -0.105. The first-order chi connectivity index (χ1) is 8.06. The van der Waals surface area contributed by atoms with Crippen LogP contribution in [-0.4, -0.2) is 17.5 Å². The molecule has 0 bridgehead atoms. The van der Waals surface area contributed by atoms with E-state index in [1.54, 1.807) is 0 Å². The molecule has 0 unspecified atom stereocenters. The van der Waals surface area contributed by atoms with Gasteiger partial charge in [-0.15, -0.1) is 0 Å². The fourth-order valence-electron chi connectivity index (χ4n) is 2.77. The van der Waals surface area contributed by atoms with E-state index in [0.717, 1.165) is 44.0 Å². The lowest BCUT2D eigenvalue weighted by Crippen LogP contribution is -2.20. The van der Waals surface area contributed by atoms with Crippen molar-refractivity contribution in [3.05, 3.63) is 23.3 Å². The number of rotatable bonds is 1. The molecule has 94 valence electrons. The third kappa shape index (κ3) is 2.68. The van der Waals surface area contributed by atoms with Gasteiger partial charge in [-0.1, -0.05) is 24.6 Å². The van der Waals surface area contributed by atoms with Crippen LogP contribution in [0, 0.1) is 11.3 Å². The van der Waals surface area contributed by atoms with Crippen LogP contribution in [0.5, 0.6) is 0 Å². The quantitative estimate of drug-likeness (QED) is 0.559. The minimum absolute atomic E-state index is 0.0128. The lowest BCUT2D eigenvalue weighted by Gasteiger charge is -2.18. The zero-order chi connectivity index (χ0) is 12.5. The van der Waals surface area contributed by atoms with Crippen molar-refractivity contribution >= 4 is 6.29 Å². The van der Waals surface area contributed by atoms with E-state index in [1.807, 2.05) is 0 Å². The largest absolute Gasteiger partial charge is 0.393 e. The molecule has 0 aliphatic heterocycles. The second kappa shape index (κ2) is 4.77. The van der Waals surface area contributed by atoms with Crippen molar-refractivity contribution in [1.29, 1.82) is 0 Å². The van der Waals surface area contributed by atoms with E-state index in [9.17, 15) is 9.90 Å². The molecule has 0 aromatic carbocycles. The van der Waals surface area contributed by atoms with Crippen LogP contribution in [0.25, 0.3) is 0 Å². The Morgan fingerprint density at radius 2 is 2.24 bits per heavy atom. The molecule has 2 nitrogen and oxygen atoms in total. The van der Waals surface area contributed by atoms with E-state index in [1.165, 1.54) is 5.57 Å². The Balaban J connectivity index is 2.17. The van der Waals surface area contributed by atoms with Gasteiger partial charge in [-0.25, -0.2) is 0 Å². The fourth-order valence-corrected chi connectivity index (χ4v) is 2.77.